The number of nitrogens with one attached hydrogen (secondary N) is 1. The van der Waals surface area contributed by atoms with Crippen molar-refractivity contribution in [2.75, 3.05) is 13.2 Å². The summed E-state index contributed by atoms with van der Waals surface area (Å²) in [5.74, 6) is -0.626. The number of carbonyl (C=O) groups excluding carboxylic acids is 1. The van der Waals surface area contributed by atoms with Crippen molar-refractivity contribution in [3.05, 3.63) is 28.8 Å². The molecule has 1 aliphatic rings. The summed E-state index contributed by atoms with van der Waals surface area (Å²) in [4.78, 5) is 23.1. The molecule has 1 amide bonds. The Labute approximate surface area is 142 Å². The van der Waals surface area contributed by atoms with Crippen LogP contribution in [0.15, 0.2) is 12.1 Å². The third-order valence-corrected chi connectivity index (χ3v) is 4.22. The Balaban J connectivity index is 2.05. The van der Waals surface area contributed by atoms with Crippen LogP contribution in [-0.4, -0.2) is 42.3 Å². The smallest absolute Gasteiger partial charge is 0.341 e. The molecule has 2 unspecified atom stereocenters. The summed E-state index contributed by atoms with van der Waals surface area (Å²) in [6.07, 6.45) is 2.81. The maximum Gasteiger partial charge on any atom is 0.341 e. The van der Waals surface area contributed by atoms with E-state index < -0.39 is 12.6 Å². The van der Waals surface area contributed by atoms with Crippen molar-refractivity contribution in [3.63, 3.8) is 0 Å². The van der Waals surface area contributed by atoms with E-state index in [-0.39, 0.29) is 18.1 Å². The van der Waals surface area contributed by atoms with E-state index in [0.29, 0.717) is 17.9 Å². The quantitative estimate of drug-likeness (QED) is 0.834. The molecule has 0 bridgehead atoms. The monoisotopic (exact) mass is 335 g/mol. The maximum absolute atomic E-state index is 12.5. The Morgan fingerprint density at radius 1 is 1.33 bits per heavy atom. The lowest BCUT2D eigenvalue weighted by atomic mass is 10.00. The van der Waals surface area contributed by atoms with Crippen LogP contribution in [0.4, 0.5) is 0 Å². The number of aryl methyl sites for hydroxylation is 2. The van der Waals surface area contributed by atoms with Crippen molar-refractivity contribution in [1.29, 1.82) is 0 Å². The number of aliphatic carboxylic acids is 1. The zero-order valence-corrected chi connectivity index (χ0v) is 14.4. The predicted molar refractivity (Wildman–Crippen MR) is 89.6 cm³/mol. The van der Waals surface area contributed by atoms with Crippen molar-refractivity contribution in [1.82, 2.24) is 5.32 Å². The zero-order valence-electron chi connectivity index (χ0n) is 14.4. The summed E-state index contributed by atoms with van der Waals surface area (Å²) in [6, 6.07) is 3.59. The fraction of sp³-hybridized carbons (Fsp3) is 0.556. The average Bonchev–Trinajstić information content (AvgIpc) is 2.53. The molecule has 2 rings (SSSR count). The van der Waals surface area contributed by atoms with E-state index >= 15 is 0 Å². The Bertz CT molecular complexity index is 590. The summed E-state index contributed by atoms with van der Waals surface area (Å²) < 4.78 is 10.9. The van der Waals surface area contributed by atoms with Crippen LogP contribution in [0.25, 0.3) is 0 Å². The van der Waals surface area contributed by atoms with Crippen molar-refractivity contribution in [3.8, 4) is 5.75 Å². The van der Waals surface area contributed by atoms with Gasteiger partial charge in [0.1, 0.15) is 5.75 Å². The first-order valence-electron chi connectivity index (χ1n) is 8.29. The minimum Gasteiger partial charge on any atom is -0.481 e. The first-order valence-corrected chi connectivity index (χ1v) is 8.29. The third kappa shape index (κ3) is 4.71. The van der Waals surface area contributed by atoms with Crippen LogP contribution >= 0.6 is 0 Å². The summed E-state index contributed by atoms with van der Waals surface area (Å²) in [5.41, 5.74) is 2.06. The molecule has 6 nitrogen and oxygen atoms in total. The molecule has 132 valence electrons. The molecule has 2 N–H and O–H groups in total. The van der Waals surface area contributed by atoms with Gasteiger partial charge in [0.05, 0.1) is 6.10 Å². The topological polar surface area (TPSA) is 84.9 Å². The average molecular weight is 335 g/mol. The van der Waals surface area contributed by atoms with Crippen molar-refractivity contribution >= 4 is 11.9 Å². The predicted octanol–water partition coefficient (Wildman–Crippen LogP) is 2.45. The maximum atomic E-state index is 12.5. The summed E-state index contributed by atoms with van der Waals surface area (Å²) >= 11 is 0. The number of benzene rings is 1. The van der Waals surface area contributed by atoms with Crippen molar-refractivity contribution in [2.45, 2.75) is 52.2 Å². The molecule has 2 atom stereocenters. The van der Waals surface area contributed by atoms with Gasteiger partial charge in [0.2, 0.25) is 0 Å². The molecule has 6 heteroatoms. The molecule has 1 aromatic carbocycles. The number of amides is 1. The summed E-state index contributed by atoms with van der Waals surface area (Å²) in [5, 5.41) is 11.8. The Kier molecular flexibility index (Phi) is 6.20. The molecule has 0 aromatic heterocycles. The van der Waals surface area contributed by atoms with Gasteiger partial charge in [-0.1, -0.05) is 6.92 Å². The number of carbonyl (C=O) groups is 2. The van der Waals surface area contributed by atoms with E-state index in [1.54, 1.807) is 12.1 Å². The highest BCUT2D eigenvalue weighted by Gasteiger charge is 2.23. The van der Waals surface area contributed by atoms with Crippen molar-refractivity contribution < 1.29 is 24.2 Å². The highest BCUT2D eigenvalue weighted by molar-refractivity contribution is 5.95. The number of carboxylic acid groups (broad SMARTS) is 1. The van der Waals surface area contributed by atoms with E-state index in [4.69, 9.17) is 14.6 Å². The molecule has 1 fully saturated rings. The molecule has 0 saturated carbocycles. The van der Waals surface area contributed by atoms with Gasteiger partial charge in [-0.3, -0.25) is 4.79 Å². The molecule has 0 aliphatic carbocycles. The van der Waals surface area contributed by atoms with Gasteiger partial charge < -0.3 is 19.9 Å². The normalized spacial score (nSPS) is 20.5. The molecule has 1 aromatic rings. The molecular weight excluding hydrogens is 310 g/mol. The van der Waals surface area contributed by atoms with Gasteiger partial charge in [0, 0.05) is 18.2 Å². The van der Waals surface area contributed by atoms with Gasteiger partial charge in [-0.25, -0.2) is 4.79 Å². The van der Waals surface area contributed by atoms with Crippen LogP contribution in [0.2, 0.25) is 0 Å². The Hall–Kier alpha value is -2.08. The molecule has 24 heavy (non-hydrogen) atoms. The minimum atomic E-state index is -1.03. The first-order chi connectivity index (χ1) is 11.4. The van der Waals surface area contributed by atoms with Crippen LogP contribution in [-0.2, 0) is 9.53 Å². The van der Waals surface area contributed by atoms with E-state index in [9.17, 15) is 9.59 Å². The van der Waals surface area contributed by atoms with E-state index in [1.165, 1.54) is 0 Å². The van der Waals surface area contributed by atoms with Gasteiger partial charge in [-0.15, -0.1) is 0 Å². The van der Waals surface area contributed by atoms with Crippen LogP contribution in [0.3, 0.4) is 0 Å². The highest BCUT2D eigenvalue weighted by Crippen LogP contribution is 2.25. The summed E-state index contributed by atoms with van der Waals surface area (Å²) in [7, 11) is 0. The standard InChI is InChI=1S/C18H25NO5/c1-4-15-9-14(5-6-23-15)19-18(22)13-7-11(2)17(12(3)8-13)24-10-16(20)21/h7-8,14-15H,4-6,9-10H2,1-3H3,(H,19,22)(H,20,21). The molecule has 1 heterocycles. The number of hydrogen-bond acceptors (Lipinski definition) is 4. The lowest BCUT2D eigenvalue weighted by Crippen LogP contribution is -2.41. The minimum absolute atomic E-state index is 0.118. The second-order valence-electron chi connectivity index (χ2n) is 6.22. The fourth-order valence-corrected chi connectivity index (χ4v) is 3.01. The molecular formula is C18H25NO5. The molecule has 0 radical (unpaired) electrons. The van der Waals surface area contributed by atoms with Crippen LogP contribution in [0.1, 0.15) is 47.7 Å². The Morgan fingerprint density at radius 2 is 2.00 bits per heavy atom. The van der Waals surface area contributed by atoms with Crippen LogP contribution in [0.5, 0.6) is 5.75 Å². The van der Waals surface area contributed by atoms with E-state index in [2.05, 4.69) is 12.2 Å². The SMILES string of the molecule is CCC1CC(NC(=O)c2cc(C)c(OCC(=O)O)c(C)c2)CCO1. The van der Waals surface area contributed by atoms with Crippen LogP contribution < -0.4 is 10.1 Å². The largest absolute Gasteiger partial charge is 0.481 e. The number of ether oxygens (including phenoxy) is 2. The van der Waals surface area contributed by atoms with Gasteiger partial charge in [-0.2, -0.15) is 0 Å². The zero-order chi connectivity index (χ0) is 17.7. The highest BCUT2D eigenvalue weighted by atomic mass is 16.5. The number of rotatable bonds is 6. The van der Waals surface area contributed by atoms with E-state index in [1.807, 2.05) is 13.8 Å². The molecule has 1 saturated heterocycles. The second-order valence-corrected chi connectivity index (χ2v) is 6.22. The lowest BCUT2D eigenvalue weighted by Gasteiger charge is -2.29. The molecule has 1 aliphatic heterocycles. The van der Waals surface area contributed by atoms with Gasteiger partial charge >= 0.3 is 5.97 Å². The van der Waals surface area contributed by atoms with E-state index in [0.717, 1.165) is 30.4 Å². The lowest BCUT2D eigenvalue weighted by molar-refractivity contribution is -0.139. The summed E-state index contributed by atoms with van der Waals surface area (Å²) in [6.45, 7) is 5.97. The van der Waals surface area contributed by atoms with Gasteiger partial charge in [0.15, 0.2) is 6.61 Å². The van der Waals surface area contributed by atoms with Crippen molar-refractivity contribution in [2.24, 2.45) is 0 Å². The number of carboxylic acids is 1. The fourth-order valence-electron chi connectivity index (χ4n) is 3.01. The third-order valence-electron chi connectivity index (χ3n) is 4.22. The van der Waals surface area contributed by atoms with Crippen LogP contribution in [0, 0.1) is 13.8 Å². The first kappa shape index (κ1) is 18.3. The molecule has 0 spiro atoms. The number of hydrogen-bond donors (Lipinski definition) is 2. The second kappa shape index (κ2) is 8.15. The van der Waals surface area contributed by atoms with Gasteiger partial charge in [-0.05, 0) is 56.4 Å². The van der Waals surface area contributed by atoms with Gasteiger partial charge in [0.25, 0.3) is 5.91 Å². The Morgan fingerprint density at radius 3 is 2.58 bits per heavy atom.